The highest BCUT2D eigenvalue weighted by Crippen LogP contribution is 2.45. The molecule has 0 spiro atoms. The first-order valence-corrected chi connectivity index (χ1v) is 15.8. The zero-order chi connectivity index (χ0) is 31.6. The number of amides is 2. The van der Waals surface area contributed by atoms with E-state index in [9.17, 15) is 18.4 Å². The van der Waals surface area contributed by atoms with Gasteiger partial charge in [0.1, 0.15) is 23.4 Å². The number of hydrogen-bond acceptors (Lipinski definition) is 6. The lowest BCUT2D eigenvalue weighted by atomic mass is 10.0. The number of methoxy groups -OCH3 is 1. The molecule has 1 saturated heterocycles. The predicted molar refractivity (Wildman–Crippen MR) is 172 cm³/mol. The minimum Gasteiger partial charge on any atom is -0.496 e. The Bertz CT molecular complexity index is 1990. The molecule has 2 fully saturated rings. The Morgan fingerprint density at radius 3 is 2.60 bits per heavy atom. The molecule has 0 bridgehead atoms. The van der Waals surface area contributed by atoms with Crippen LogP contribution in [0, 0.1) is 18.7 Å². The molecule has 0 radical (unpaired) electrons. The Kier molecular flexibility index (Phi) is 7.32. The van der Waals surface area contributed by atoms with E-state index in [-0.39, 0.29) is 24.4 Å². The maximum Gasteiger partial charge on any atom is 0.254 e. The number of nitrogens with two attached hydrogens (primary N) is 2. The fourth-order valence-electron chi connectivity index (χ4n) is 6.39. The third-order valence-corrected chi connectivity index (χ3v) is 10.1. The number of benzene rings is 2. The van der Waals surface area contributed by atoms with E-state index in [0.29, 0.717) is 35.0 Å². The Hall–Kier alpha value is -4.35. The molecule has 4 heterocycles. The number of thiophene rings is 1. The van der Waals surface area contributed by atoms with Gasteiger partial charge in [-0.2, -0.15) is 0 Å². The summed E-state index contributed by atoms with van der Waals surface area (Å²) in [7, 11) is 1.59. The van der Waals surface area contributed by atoms with Crippen LogP contribution in [0.5, 0.6) is 5.75 Å². The summed E-state index contributed by atoms with van der Waals surface area (Å²) in [4.78, 5) is 32.5. The molecule has 8 nitrogen and oxygen atoms in total. The van der Waals surface area contributed by atoms with E-state index in [1.54, 1.807) is 30.6 Å². The van der Waals surface area contributed by atoms with Crippen molar-refractivity contribution in [3.63, 3.8) is 0 Å². The minimum atomic E-state index is -1.14. The van der Waals surface area contributed by atoms with Crippen molar-refractivity contribution in [2.24, 2.45) is 17.4 Å². The van der Waals surface area contributed by atoms with Crippen LogP contribution in [0.25, 0.3) is 42.9 Å². The number of fused-ring (bicyclic) bond motifs is 2. The molecular weight excluding hydrogens is 596 g/mol. The standard InChI is InChI=1S/C34H33F2N5O3S/c1-17-30-28(44-2)11-21(34(43)40-15-22(35)13-23(37)16-40)12-29(30)45-31(17)27-10-20-6-8-26(39-33(20)41(27)14-18-3-4-18)19-5-7-24(32(38)42)25(36)9-19/h5-12,18,22-23H,3-4,13-16,37H2,1-2H3,(H2,38,42)/t22?,23-/m1/s1. The smallest absolute Gasteiger partial charge is 0.254 e. The quantitative estimate of drug-likeness (QED) is 0.227. The number of carbonyl (C=O) groups excluding carboxylic acids is 2. The summed E-state index contributed by atoms with van der Waals surface area (Å²) in [6.07, 6.45) is 1.39. The average molecular weight is 630 g/mol. The van der Waals surface area contributed by atoms with Crippen LogP contribution in [0.2, 0.25) is 0 Å². The van der Waals surface area contributed by atoms with Crippen LogP contribution in [-0.4, -0.2) is 58.7 Å². The van der Waals surface area contributed by atoms with Crippen LogP contribution in [0.15, 0.2) is 48.5 Å². The van der Waals surface area contributed by atoms with Crippen molar-refractivity contribution in [1.82, 2.24) is 14.5 Å². The van der Waals surface area contributed by atoms with Gasteiger partial charge in [-0.25, -0.2) is 13.8 Å². The van der Waals surface area contributed by atoms with Gasteiger partial charge in [-0.1, -0.05) is 6.07 Å². The second-order valence-electron chi connectivity index (χ2n) is 12.2. The van der Waals surface area contributed by atoms with Crippen LogP contribution in [0.1, 0.15) is 45.5 Å². The Labute approximate surface area is 262 Å². The zero-order valence-corrected chi connectivity index (χ0v) is 25.8. The van der Waals surface area contributed by atoms with Crippen molar-refractivity contribution in [3.05, 3.63) is 71.0 Å². The molecule has 1 saturated carbocycles. The molecule has 1 unspecified atom stereocenters. The summed E-state index contributed by atoms with van der Waals surface area (Å²) in [5.41, 5.74) is 15.5. The number of carbonyl (C=O) groups is 2. The van der Waals surface area contributed by atoms with E-state index in [1.807, 2.05) is 18.2 Å². The first kappa shape index (κ1) is 29.4. The molecule has 45 heavy (non-hydrogen) atoms. The van der Waals surface area contributed by atoms with Gasteiger partial charge in [-0.3, -0.25) is 9.59 Å². The van der Waals surface area contributed by atoms with Gasteiger partial charge in [-0.05, 0) is 80.1 Å². The highest BCUT2D eigenvalue weighted by Gasteiger charge is 2.30. The SMILES string of the molecule is COc1cc(C(=O)N2CC(F)C[C@@H](N)C2)cc2sc(-c3cc4ccc(-c5ccc(C(N)=O)c(F)c5)nc4n3CC3CC3)c(C)c12. The van der Waals surface area contributed by atoms with E-state index in [2.05, 4.69) is 17.6 Å². The van der Waals surface area contributed by atoms with E-state index >= 15 is 0 Å². The van der Waals surface area contributed by atoms with Crippen LogP contribution in [-0.2, 0) is 6.54 Å². The summed E-state index contributed by atoms with van der Waals surface area (Å²) >= 11 is 1.58. The summed E-state index contributed by atoms with van der Waals surface area (Å²) < 4.78 is 37.8. The summed E-state index contributed by atoms with van der Waals surface area (Å²) in [5.74, 6) is -0.639. The highest BCUT2D eigenvalue weighted by molar-refractivity contribution is 7.22. The lowest BCUT2D eigenvalue weighted by molar-refractivity contribution is 0.0606. The lowest BCUT2D eigenvalue weighted by Crippen LogP contribution is -2.50. The summed E-state index contributed by atoms with van der Waals surface area (Å²) in [6, 6.07) is 13.5. The molecule has 1 aliphatic heterocycles. The molecule has 7 rings (SSSR count). The third-order valence-electron chi connectivity index (χ3n) is 8.82. The third kappa shape index (κ3) is 5.33. The summed E-state index contributed by atoms with van der Waals surface area (Å²) in [5, 5.41) is 1.88. The Morgan fingerprint density at radius 2 is 1.91 bits per heavy atom. The highest BCUT2D eigenvalue weighted by atomic mass is 32.1. The maximum absolute atomic E-state index is 14.6. The van der Waals surface area contributed by atoms with Crippen LogP contribution < -0.4 is 16.2 Å². The number of aromatic nitrogens is 2. The second-order valence-corrected chi connectivity index (χ2v) is 13.2. The number of nitrogens with zero attached hydrogens (tertiary/aromatic N) is 3. The molecule has 2 amide bonds. The molecule has 1 aliphatic carbocycles. The Morgan fingerprint density at radius 1 is 1.11 bits per heavy atom. The normalized spacial score (nSPS) is 18.6. The maximum atomic E-state index is 14.6. The number of rotatable bonds is 7. The van der Waals surface area contributed by atoms with Gasteiger partial charge in [-0.15, -0.1) is 11.3 Å². The minimum absolute atomic E-state index is 0.0276. The zero-order valence-electron chi connectivity index (χ0n) is 25.0. The fraction of sp³-hybridized carbons (Fsp3) is 0.324. The number of primary amides is 1. The van der Waals surface area contributed by atoms with Crippen molar-refractivity contribution < 1.29 is 23.1 Å². The number of ether oxygens (including phenoxy) is 1. The van der Waals surface area contributed by atoms with Crippen molar-refractivity contribution in [3.8, 4) is 27.6 Å². The molecule has 2 aliphatic rings. The predicted octanol–water partition coefficient (Wildman–Crippen LogP) is 6.06. The number of halogens is 2. The van der Waals surface area contributed by atoms with Gasteiger partial charge in [0, 0.05) is 45.7 Å². The van der Waals surface area contributed by atoms with E-state index in [1.165, 1.54) is 17.0 Å². The van der Waals surface area contributed by atoms with Crippen molar-refractivity contribution in [1.29, 1.82) is 0 Å². The van der Waals surface area contributed by atoms with E-state index in [0.717, 1.165) is 56.6 Å². The number of piperidine rings is 1. The van der Waals surface area contributed by atoms with Gasteiger partial charge in [0.2, 0.25) is 0 Å². The van der Waals surface area contributed by atoms with Gasteiger partial charge in [0.25, 0.3) is 11.8 Å². The van der Waals surface area contributed by atoms with Gasteiger partial charge >= 0.3 is 0 Å². The first-order chi connectivity index (χ1) is 21.6. The van der Waals surface area contributed by atoms with Gasteiger partial charge < -0.3 is 25.7 Å². The molecule has 5 aromatic rings. The van der Waals surface area contributed by atoms with Crippen molar-refractivity contribution in [2.75, 3.05) is 20.2 Å². The molecule has 232 valence electrons. The number of hydrogen-bond donors (Lipinski definition) is 2. The van der Waals surface area contributed by atoms with Crippen molar-refractivity contribution in [2.45, 2.75) is 44.9 Å². The molecule has 2 atom stereocenters. The molecule has 11 heteroatoms. The topological polar surface area (TPSA) is 116 Å². The molecule has 3 aromatic heterocycles. The molecular formula is C34H33F2N5O3S. The second kappa shape index (κ2) is 11.2. The van der Waals surface area contributed by atoms with Gasteiger partial charge in [0.05, 0.1) is 35.5 Å². The number of likely N-dealkylation sites (tertiary alicyclic amines) is 1. The Balaban J connectivity index is 1.33. The molecule has 2 aromatic carbocycles. The van der Waals surface area contributed by atoms with Gasteiger partial charge in [0.15, 0.2) is 0 Å². The van der Waals surface area contributed by atoms with Crippen LogP contribution in [0.3, 0.4) is 0 Å². The summed E-state index contributed by atoms with van der Waals surface area (Å²) in [6.45, 7) is 3.18. The van der Waals surface area contributed by atoms with Crippen LogP contribution in [0.4, 0.5) is 8.78 Å². The fourth-order valence-corrected chi connectivity index (χ4v) is 7.68. The van der Waals surface area contributed by atoms with E-state index in [4.69, 9.17) is 21.2 Å². The lowest BCUT2D eigenvalue weighted by Gasteiger charge is -2.33. The van der Waals surface area contributed by atoms with E-state index < -0.39 is 23.9 Å². The number of aryl methyl sites for hydroxylation is 1. The number of pyridine rings is 1. The average Bonchev–Trinajstić information content (AvgIpc) is 3.68. The largest absolute Gasteiger partial charge is 0.496 e. The van der Waals surface area contributed by atoms with Crippen LogP contribution >= 0.6 is 11.3 Å². The molecule has 4 N–H and O–H groups in total. The first-order valence-electron chi connectivity index (χ1n) is 15.0. The number of alkyl halides is 1. The van der Waals surface area contributed by atoms with Crippen molar-refractivity contribution >= 4 is 44.3 Å². The monoisotopic (exact) mass is 629 g/mol.